The van der Waals surface area contributed by atoms with E-state index in [0.717, 1.165) is 11.3 Å². The monoisotopic (exact) mass is 425 g/mol. The number of amides is 2. The van der Waals surface area contributed by atoms with E-state index < -0.39 is 22.0 Å². The zero-order chi connectivity index (χ0) is 20.7. The highest BCUT2D eigenvalue weighted by molar-refractivity contribution is 7.94. The summed E-state index contributed by atoms with van der Waals surface area (Å²) in [7, 11) is -2.13. The summed E-state index contributed by atoms with van der Waals surface area (Å²) in [6.45, 7) is 3.61. The average molecular weight is 426 g/mol. The molecule has 0 fully saturated rings. The number of nitrogens with one attached hydrogen (secondary N) is 2. The molecule has 0 spiro atoms. The van der Waals surface area contributed by atoms with Crippen LogP contribution in [0.25, 0.3) is 0 Å². The Kier molecular flexibility index (Phi) is 7.41. The van der Waals surface area contributed by atoms with Gasteiger partial charge in [-0.25, -0.2) is 8.42 Å². The third-order valence-corrected chi connectivity index (χ3v) is 6.96. The lowest BCUT2D eigenvalue weighted by molar-refractivity contribution is -0.129. The molecule has 0 saturated heterocycles. The molecule has 1 aromatic carbocycles. The number of carbonyl (C=O) groups excluding carboxylic acids is 2. The number of ether oxygens (including phenoxy) is 1. The first-order valence-electron chi connectivity index (χ1n) is 8.58. The molecule has 28 heavy (non-hydrogen) atoms. The quantitative estimate of drug-likeness (QED) is 0.635. The molecule has 152 valence electrons. The normalized spacial score (nSPS) is 12.1. The highest BCUT2D eigenvalue weighted by atomic mass is 32.2. The van der Waals surface area contributed by atoms with Gasteiger partial charge in [0.25, 0.3) is 15.9 Å². The number of rotatable bonds is 9. The molecule has 1 heterocycles. The van der Waals surface area contributed by atoms with E-state index in [1.807, 2.05) is 0 Å². The summed E-state index contributed by atoms with van der Waals surface area (Å²) in [5, 5.41) is 6.86. The topological polar surface area (TPSA) is 105 Å². The highest BCUT2D eigenvalue weighted by Crippen LogP contribution is 2.26. The van der Waals surface area contributed by atoms with Crippen molar-refractivity contribution in [2.45, 2.75) is 24.1 Å². The van der Waals surface area contributed by atoms with Gasteiger partial charge >= 0.3 is 0 Å². The Morgan fingerprint density at radius 1 is 1.21 bits per heavy atom. The van der Waals surface area contributed by atoms with Crippen molar-refractivity contribution in [2.75, 3.05) is 24.5 Å². The van der Waals surface area contributed by atoms with Crippen molar-refractivity contribution < 1.29 is 22.7 Å². The van der Waals surface area contributed by atoms with Crippen molar-refractivity contribution in [3.63, 3.8) is 0 Å². The predicted octanol–water partition coefficient (Wildman–Crippen LogP) is 1.59. The van der Waals surface area contributed by atoms with Crippen LogP contribution in [-0.2, 0) is 19.6 Å². The van der Waals surface area contributed by atoms with E-state index >= 15 is 0 Å². The minimum Gasteiger partial charge on any atom is -0.484 e. The summed E-state index contributed by atoms with van der Waals surface area (Å²) >= 11 is 1.15. The summed E-state index contributed by atoms with van der Waals surface area (Å²) in [6, 6.07) is 8.92. The van der Waals surface area contributed by atoms with Crippen LogP contribution in [0.3, 0.4) is 0 Å². The van der Waals surface area contributed by atoms with E-state index in [9.17, 15) is 18.0 Å². The molecule has 2 N–H and O–H groups in total. The summed E-state index contributed by atoms with van der Waals surface area (Å²) in [5.74, 6) is -0.290. The summed E-state index contributed by atoms with van der Waals surface area (Å²) < 4.78 is 31.9. The smallest absolute Gasteiger partial charge is 0.273 e. The third kappa shape index (κ3) is 5.46. The second-order valence-electron chi connectivity index (χ2n) is 5.87. The van der Waals surface area contributed by atoms with Crippen molar-refractivity contribution in [3.05, 3.63) is 41.8 Å². The van der Waals surface area contributed by atoms with Crippen molar-refractivity contribution in [1.29, 1.82) is 0 Å². The number of nitrogens with zero attached hydrogens (tertiary/aromatic N) is 1. The molecule has 1 unspecified atom stereocenters. The SMILES string of the molecule is CCNC(=O)C(C)NC(=O)COc1ccc(N(C)S(=O)(=O)c2cccs2)cc1. The molecule has 0 bridgehead atoms. The number of benzene rings is 1. The molecule has 1 atom stereocenters. The van der Waals surface area contributed by atoms with E-state index in [1.54, 1.807) is 55.6 Å². The third-order valence-electron chi connectivity index (χ3n) is 3.80. The van der Waals surface area contributed by atoms with Crippen LogP contribution in [0.4, 0.5) is 5.69 Å². The van der Waals surface area contributed by atoms with Crippen LogP contribution in [0.2, 0.25) is 0 Å². The van der Waals surface area contributed by atoms with E-state index in [1.165, 1.54) is 11.4 Å². The fourth-order valence-electron chi connectivity index (χ4n) is 2.26. The lowest BCUT2D eigenvalue weighted by Gasteiger charge is -2.19. The summed E-state index contributed by atoms with van der Waals surface area (Å²) in [4.78, 5) is 23.5. The van der Waals surface area contributed by atoms with E-state index in [2.05, 4.69) is 10.6 Å². The fourth-order valence-corrected chi connectivity index (χ4v) is 4.62. The van der Waals surface area contributed by atoms with Gasteiger partial charge in [0.1, 0.15) is 16.0 Å². The predicted molar refractivity (Wildman–Crippen MR) is 108 cm³/mol. The molecule has 0 aliphatic carbocycles. The van der Waals surface area contributed by atoms with E-state index in [0.29, 0.717) is 18.0 Å². The summed E-state index contributed by atoms with van der Waals surface area (Å²) in [6.07, 6.45) is 0. The van der Waals surface area contributed by atoms with Gasteiger partial charge in [0.2, 0.25) is 5.91 Å². The molecule has 2 aromatic rings. The number of carbonyl (C=O) groups is 2. The van der Waals surface area contributed by atoms with Crippen LogP contribution in [0, 0.1) is 0 Å². The van der Waals surface area contributed by atoms with Gasteiger partial charge in [-0.15, -0.1) is 11.3 Å². The van der Waals surface area contributed by atoms with Crippen molar-refractivity contribution in [2.24, 2.45) is 0 Å². The number of thiophene rings is 1. The number of sulfonamides is 1. The second kappa shape index (κ2) is 9.56. The van der Waals surface area contributed by atoms with Crippen molar-refractivity contribution >= 4 is 38.9 Å². The Morgan fingerprint density at radius 2 is 1.89 bits per heavy atom. The second-order valence-corrected chi connectivity index (χ2v) is 9.01. The van der Waals surface area contributed by atoms with Gasteiger partial charge < -0.3 is 15.4 Å². The lowest BCUT2D eigenvalue weighted by Crippen LogP contribution is -2.46. The van der Waals surface area contributed by atoms with Crippen molar-refractivity contribution in [3.8, 4) is 5.75 Å². The van der Waals surface area contributed by atoms with E-state index in [-0.39, 0.29) is 16.7 Å². The molecule has 10 heteroatoms. The molecule has 0 radical (unpaired) electrons. The molecule has 2 rings (SSSR count). The van der Waals surface area contributed by atoms with Gasteiger partial charge in [-0.3, -0.25) is 13.9 Å². The molecule has 2 amide bonds. The zero-order valence-corrected chi connectivity index (χ0v) is 17.5. The van der Waals surface area contributed by atoms with Crippen LogP contribution in [0.1, 0.15) is 13.8 Å². The Labute approximate surface area is 168 Å². The van der Waals surface area contributed by atoms with Crippen LogP contribution >= 0.6 is 11.3 Å². The Bertz CT molecular complexity index is 896. The Balaban J connectivity index is 1.92. The van der Waals surface area contributed by atoms with Gasteiger partial charge in [-0.05, 0) is 49.6 Å². The summed E-state index contributed by atoms with van der Waals surface area (Å²) in [5.41, 5.74) is 0.468. The first-order valence-corrected chi connectivity index (χ1v) is 10.9. The maximum atomic E-state index is 12.5. The first kappa shape index (κ1) is 21.7. The van der Waals surface area contributed by atoms with Crippen LogP contribution in [0.15, 0.2) is 46.0 Å². The highest BCUT2D eigenvalue weighted by Gasteiger charge is 2.22. The number of hydrogen-bond donors (Lipinski definition) is 2. The zero-order valence-electron chi connectivity index (χ0n) is 15.8. The van der Waals surface area contributed by atoms with Crippen LogP contribution < -0.4 is 19.7 Å². The minimum atomic E-state index is -3.60. The minimum absolute atomic E-state index is 0.258. The van der Waals surface area contributed by atoms with Crippen LogP contribution in [-0.4, -0.2) is 46.5 Å². The average Bonchev–Trinajstić information content (AvgIpc) is 3.22. The standard InChI is InChI=1S/C18H23N3O5S2/c1-4-19-18(23)13(2)20-16(22)12-26-15-9-7-14(8-10-15)21(3)28(24,25)17-6-5-11-27-17/h5-11,13H,4,12H2,1-3H3,(H,19,23)(H,20,22). The molecular formula is C18H23N3O5S2. The molecule has 0 saturated carbocycles. The molecule has 0 aliphatic rings. The van der Waals surface area contributed by atoms with Gasteiger partial charge in [0.15, 0.2) is 6.61 Å². The van der Waals surface area contributed by atoms with Crippen LogP contribution in [0.5, 0.6) is 5.75 Å². The van der Waals surface area contributed by atoms with E-state index in [4.69, 9.17) is 4.74 Å². The molecule has 1 aromatic heterocycles. The van der Waals surface area contributed by atoms with Gasteiger partial charge in [-0.2, -0.15) is 0 Å². The maximum Gasteiger partial charge on any atom is 0.273 e. The van der Waals surface area contributed by atoms with Gasteiger partial charge in [0.05, 0.1) is 5.69 Å². The molecule has 0 aliphatic heterocycles. The molecule has 8 nitrogen and oxygen atoms in total. The van der Waals surface area contributed by atoms with Crippen molar-refractivity contribution in [1.82, 2.24) is 10.6 Å². The maximum absolute atomic E-state index is 12.5. The Morgan fingerprint density at radius 3 is 2.46 bits per heavy atom. The number of likely N-dealkylation sites (N-methyl/N-ethyl adjacent to an activating group) is 1. The number of anilines is 1. The van der Waals surface area contributed by atoms with Gasteiger partial charge in [-0.1, -0.05) is 6.07 Å². The Hall–Kier alpha value is -2.59. The molecular weight excluding hydrogens is 402 g/mol. The lowest BCUT2D eigenvalue weighted by atomic mass is 10.3. The first-order chi connectivity index (χ1) is 13.3. The van der Waals surface area contributed by atoms with Gasteiger partial charge in [0, 0.05) is 13.6 Å². The largest absolute Gasteiger partial charge is 0.484 e. The fraction of sp³-hybridized carbons (Fsp3) is 0.333. The number of hydrogen-bond acceptors (Lipinski definition) is 6.